The SMILES string of the molecule is N#Cc1ccc(CSc2nnc(NC(=O)CSc3ccc4ccccc4c3)s2)cc1. The van der Waals surface area contributed by atoms with Crippen LogP contribution in [0.3, 0.4) is 0 Å². The van der Waals surface area contributed by atoms with Gasteiger partial charge in [-0.05, 0) is 40.6 Å². The number of fused-ring (bicyclic) bond motifs is 1. The number of amides is 1. The van der Waals surface area contributed by atoms with E-state index in [0.717, 1.165) is 25.9 Å². The van der Waals surface area contributed by atoms with Gasteiger partial charge >= 0.3 is 0 Å². The van der Waals surface area contributed by atoms with Crippen molar-refractivity contribution < 1.29 is 4.79 Å². The molecular formula is C22H16N4OS3. The Morgan fingerprint density at radius 2 is 1.80 bits per heavy atom. The van der Waals surface area contributed by atoms with E-state index >= 15 is 0 Å². The maximum atomic E-state index is 12.3. The Labute approximate surface area is 186 Å². The van der Waals surface area contributed by atoms with Gasteiger partial charge < -0.3 is 0 Å². The highest BCUT2D eigenvalue weighted by molar-refractivity contribution is 8.00. The summed E-state index contributed by atoms with van der Waals surface area (Å²) in [7, 11) is 0. The molecule has 0 radical (unpaired) electrons. The van der Waals surface area contributed by atoms with Crippen molar-refractivity contribution in [3.63, 3.8) is 0 Å². The average Bonchev–Trinajstić information content (AvgIpc) is 3.23. The normalized spacial score (nSPS) is 10.6. The molecule has 1 aromatic heterocycles. The van der Waals surface area contributed by atoms with Crippen LogP contribution in [0, 0.1) is 11.3 Å². The smallest absolute Gasteiger partial charge is 0.236 e. The summed E-state index contributed by atoms with van der Waals surface area (Å²) in [6.45, 7) is 0. The van der Waals surface area contributed by atoms with Crippen LogP contribution in [0.25, 0.3) is 10.8 Å². The molecule has 30 heavy (non-hydrogen) atoms. The highest BCUT2D eigenvalue weighted by Gasteiger charge is 2.10. The third-order valence-corrected chi connectivity index (χ3v) is 7.23. The summed E-state index contributed by atoms with van der Waals surface area (Å²) in [5, 5.41) is 22.7. The lowest BCUT2D eigenvalue weighted by Gasteiger charge is -2.04. The largest absolute Gasteiger partial charge is 0.300 e. The zero-order chi connectivity index (χ0) is 20.8. The Bertz CT molecular complexity index is 1220. The van der Waals surface area contributed by atoms with Crippen LogP contribution >= 0.6 is 34.9 Å². The van der Waals surface area contributed by atoms with Gasteiger partial charge in [0.1, 0.15) is 0 Å². The van der Waals surface area contributed by atoms with Crippen LogP contribution in [-0.4, -0.2) is 21.9 Å². The molecule has 4 rings (SSSR count). The van der Waals surface area contributed by atoms with E-state index in [9.17, 15) is 4.79 Å². The minimum atomic E-state index is -0.104. The van der Waals surface area contributed by atoms with Crippen LogP contribution in [0.1, 0.15) is 11.1 Å². The Hall–Kier alpha value is -2.86. The van der Waals surface area contributed by atoms with Crippen molar-refractivity contribution in [1.29, 1.82) is 5.26 Å². The van der Waals surface area contributed by atoms with Gasteiger partial charge in [-0.2, -0.15) is 5.26 Å². The molecule has 148 valence electrons. The second-order valence-corrected chi connectivity index (χ2v) is 9.57. The van der Waals surface area contributed by atoms with Gasteiger partial charge in [-0.15, -0.1) is 22.0 Å². The summed E-state index contributed by atoms with van der Waals surface area (Å²) in [4.78, 5) is 13.3. The summed E-state index contributed by atoms with van der Waals surface area (Å²) in [5.74, 6) is 0.936. The molecule has 0 spiro atoms. The summed E-state index contributed by atoms with van der Waals surface area (Å²) in [5.41, 5.74) is 1.75. The molecule has 4 aromatic rings. The molecule has 0 fully saturated rings. The molecule has 0 unspecified atom stereocenters. The zero-order valence-electron chi connectivity index (χ0n) is 15.7. The quantitative estimate of drug-likeness (QED) is 0.293. The maximum Gasteiger partial charge on any atom is 0.236 e. The second-order valence-electron chi connectivity index (χ2n) is 6.32. The molecule has 0 saturated carbocycles. The van der Waals surface area contributed by atoms with Crippen LogP contribution in [0.15, 0.2) is 76.0 Å². The van der Waals surface area contributed by atoms with Gasteiger partial charge in [-0.1, -0.05) is 65.6 Å². The topological polar surface area (TPSA) is 78.7 Å². The first-order chi connectivity index (χ1) is 14.7. The van der Waals surface area contributed by atoms with Crippen LogP contribution in [0.4, 0.5) is 5.13 Å². The lowest BCUT2D eigenvalue weighted by atomic mass is 10.1. The summed E-state index contributed by atoms with van der Waals surface area (Å²) >= 11 is 4.41. The van der Waals surface area contributed by atoms with Crippen LogP contribution in [0.5, 0.6) is 0 Å². The van der Waals surface area contributed by atoms with Gasteiger partial charge in [0.25, 0.3) is 0 Å². The average molecular weight is 449 g/mol. The maximum absolute atomic E-state index is 12.3. The van der Waals surface area contributed by atoms with E-state index in [1.807, 2.05) is 30.3 Å². The molecule has 1 amide bonds. The van der Waals surface area contributed by atoms with Crippen molar-refractivity contribution in [2.24, 2.45) is 0 Å². The number of nitriles is 1. The van der Waals surface area contributed by atoms with Gasteiger partial charge in [0.2, 0.25) is 11.0 Å². The highest BCUT2D eigenvalue weighted by atomic mass is 32.2. The molecule has 0 aliphatic rings. The number of thioether (sulfide) groups is 2. The van der Waals surface area contributed by atoms with Crippen LogP contribution < -0.4 is 5.32 Å². The Morgan fingerprint density at radius 1 is 1.00 bits per heavy atom. The second kappa shape index (κ2) is 9.76. The van der Waals surface area contributed by atoms with Crippen molar-refractivity contribution in [3.8, 4) is 6.07 Å². The standard InChI is InChI=1S/C22H16N4OS3/c23-12-15-5-7-16(8-6-15)13-29-22-26-25-21(30-22)24-20(27)14-28-19-10-9-17-3-1-2-4-18(17)11-19/h1-11H,13-14H2,(H,24,25,27). The number of nitrogens with one attached hydrogen (secondary N) is 1. The number of nitrogens with zero attached hydrogens (tertiary/aromatic N) is 3. The van der Waals surface area contributed by atoms with E-state index in [-0.39, 0.29) is 5.91 Å². The molecule has 3 aromatic carbocycles. The number of hydrogen-bond acceptors (Lipinski definition) is 7. The number of carbonyl (C=O) groups excluding carboxylic acids is 1. The summed E-state index contributed by atoms with van der Waals surface area (Å²) in [6.07, 6.45) is 0. The number of aromatic nitrogens is 2. The Morgan fingerprint density at radius 3 is 2.60 bits per heavy atom. The van der Waals surface area contributed by atoms with Gasteiger partial charge in [0, 0.05) is 10.6 Å². The number of hydrogen-bond donors (Lipinski definition) is 1. The van der Waals surface area contributed by atoms with E-state index in [4.69, 9.17) is 5.26 Å². The molecule has 1 heterocycles. The van der Waals surface area contributed by atoms with E-state index < -0.39 is 0 Å². The number of benzene rings is 3. The van der Waals surface area contributed by atoms with Crippen LogP contribution in [0.2, 0.25) is 0 Å². The van der Waals surface area contributed by atoms with Crippen molar-refractivity contribution in [2.45, 2.75) is 15.0 Å². The molecular weight excluding hydrogens is 432 g/mol. The third-order valence-electron chi connectivity index (χ3n) is 4.19. The number of rotatable bonds is 7. The van der Waals surface area contributed by atoms with Gasteiger partial charge in [-0.3, -0.25) is 10.1 Å². The zero-order valence-corrected chi connectivity index (χ0v) is 18.2. The van der Waals surface area contributed by atoms with Crippen LogP contribution in [-0.2, 0) is 10.5 Å². The molecule has 5 nitrogen and oxygen atoms in total. The highest BCUT2D eigenvalue weighted by Crippen LogP contribution is 2.29. The van der Waals surface area contributed by atoms with Crippen molar-refractivity contribution in [1.82, 2.24) is 10.2 Å². The van der Waals surface area contributed by atoms with Gasteiger partial charge in [0.15, 0.2) is 4.34 Å². The van der Waals surface area contributed by atoms with Gasteiger partial charge in [0.05, 0.1) is 17.4 Å². The predicted molar refractivity (Wildman–Crippen MR) is 124 cm³/mol. The van der Waals surface area contributed by atoms with E-state index in [1.54, 1.807) is 23.9 Å². The minimum absolute atomic E-state index is 0.104. The first-order valence-electron chi connectivity index (χ1n) is 9.06. The third kappa shape index (κ3) is 5.39. The van der Waals surface area contributed by atoms with E-state index in [0.29, 0.717) is 16.4 Å². The molecule has 0 saturated heterocycles. The van der Waals surface area contributed by atoms with Crippen molar-refractivity contribution >= 4 is 56.7 Å². The summed E-state index contributed by atoms with van der Waals surface area (Å²) in [6, 6.07) is 23.9. The minimum Gasteiger partial charge on any atom is -0.300 e. The lowest BCUT2D eigenvalue weighted by Crippen LogP contribution is -2.13. The fourth-order valence-electron chi connectivity index (χ4n) is 2.70. The molecule has 0 aliphatic heterocycles. The molecule has 8 heteroatoms. The van der Waals surface area contributed by atoms with E-state index in [2.05, 4.69) is 45.8 Å². The molecule has 0 atom stereocenters. The molecule has 1 N–H and O–H groups in total. The number of anilines is 1. The fourth-order valence-corrected chi connectivity index (χ4v) is 5.17. The molecule has 0 aliphatic carbocycles. The van der Waals surface area contributed by atoms with Gasteiger partial charge in [-0.25, -0.2) is 0 Å². The molecule has 0 bridgehead atoms. The number of carbonyl (C=O) groups is 1. The lowest BCUT2D eigenvalue weighted by molar-refractivity contribution is -0.113. The summed E-state index contributed by atoms with van der Waals surface area (Å²) < 4.78 is 0.789. The van der Waals surface area contributed by atoms with Crippen molar-refractivity contribution in [3.05, 3.63) is 77.9 Å². The Kier molecular flexibility index (Phi) is 6.64. The first kappa shape index (κ1) is 20.4. The Balaban J connectivity index is 1.27. The first-order valence-corrected chi connectivity index (χ1v) is 11.9. The van der Waals surface area contributed by atoms with E-state index in [1.165, 1.54) is 28.5 Å². The fraction of sp³-hybridized carbons (Fsp3) is 0.0909. The van der Waals surface area contributed by atoms with Crippen molar-refractivity contribution in [2.75, 3.05) is 11.1 Å². The monoisotopic (exact) mass is 448 g/mol. The predicted octanol–water partition coefficient (Wildman–Crippen LogP) is 5.59.